The maximum Gasteiger partial charge on any atom is 0.245 e. The highest BCUT2D eigenvalue weighted by atomic mass is 32.2. The van der Waals surface area contributed by atoms with Crippen LogP contribution in [-0.4, -0.2) is 25.7 Å². The summed E-state index contributed by atoms with van der Waals surface area (Å²) in [5.74, 6) is -0.739. The number of nitrogens with two attached hydrogens (primary N) is 1. The minimum atomic E-state index is -3.57. The molecule has 1 amide bonds. The fourth-order valence-electron chi connectivity index (χ4n) is 0.303. The van der Waals surface area contributed by atoms with Crippen molar-refractivity contribution in [1.82, 2.24) is 4.89 Å². The lowest BCUT2D eigenvalue weighted by Gasteiger charge is -2.18. The smallest absolute Gasteiger partial charge is 0.245 e. The van der Waals surface area contributed by atoms with Crippen LogP contribution in [0.25, 0.3) is 0 Å². The van der Waals surface area contributed by atoms with E-state index in [1.165, 1.54) is 20.8 Å². The summed E-state index contributed by atoms with van der Waals surface area (Å²) in [6, 6.07) is 0. The Balaban J connectivity index is 4.15. The van der Waals surface area contributed by atoms with Crippen LogP contribution < -0.4 is 10.6 Å². The lowest BCUT2D eigenvalue weighted by atomic mass is 10.3. The van der Waals surface area contributed by atoms with Gasteiger partial charge in [0.1, 0.15) is 6.61 Å². The third-order valence-electron chi connectivity index (χ3n) is 1.19. The number of rotatable bonds is 4. The molecule has 0 fully saturated rings. The second kappa shape index (κ2) is 4.03. The van der Waals surface area contributed by atoms with Gasteiger partial charge in [0.25, 0.3) is 0 Å². The van der Waals surface area contributed by atoms with Crippen LogP contribution >= 0.6 is 0 Å². The van der Waals surface area contributed by atoms with Crippen molar-refractivity contribution in [1.29, 1.82) is 0 Å². The molecule has 0 aliphatic rings. The highest BCUT2D eigenvalue weighted by Gasteiger charge is 2.29. The monoisotopic (exact) mass is 210 g/mol. The molecule has 0 aromatic heterocycles. The normalized spacial score (nSPS) is 12.8. The number of carbonyl (C=O) groups is 1. The van der Waals surface area contributed by atoms with Crippen molar-refractivity contribution in [2.45, 2.75) is 25.5 Å². The van der Waals surface area contributed by atoms with Crippen molar-refractivity contribution < 1.29 is 18.0 Å². The van der Waals surface area contributed by atoms with Crippen molar-refractivity contribution in [2.75, 3.05) is 6.61 Å². The number of carbonyl (C=O) groups excluding carboxylic acids is 1. The molecule has 6 nitrogen and oxygen atoms in total. The Morgan fingerprint density at radius 3 is 2.23 bits per heavy atom. The lowest BCUT2D eigenvalue weighted by Crippen LogP contribution is -2.40. The van der Waals surface area contributed by atoms with Crippen LogP contribution in [0.15, 0.2) is 0 Å². The van der Waals surface area contributed by atoms with Crippen molar-refractivity contribution in [3.05, 3.63) is 0 Å². The highest BCUT2D eigenvalue weighted by molar-refractivity contribution is 7.90. The van der Waals surface area contributed by atoms with E-state index in [-0.39, 0.29) is 0 Å². The molecule has 0 rings (SSSR count). The third-order valence-corrected chi connectivity index (χ3v) is 3.14. The van der Waals surface area contributed by atoms with Crippen molar-refractivity contribution in [3.63, 3.8) is 0 Å². The maximum atomic E-state index is 11.2. The number of sulfonamides is 1. The van der Waals surface area contributed by atoms with E-state index in [2.05, 4.69) is 4.84 Å². The first-order valence-electron chi connectivity index (χ1n) is 3.58. The largest absolute Gasteiger partial charge is 0.368 e. The Morgan fingerprint density at radius 1 is 1.46 bits per heavy atom. The first-order chi connectivity index (χ1) is 5.67. The molecule has 0 aliphatic carbocycles. The molecule has 0 radical (unpaired) electrons. The fourth-order valence-corrected chi connectivity index (χ4v) is 0.767. The average molecular weight is 210 g/mol. The first kappa shape index (κ1) is 12.3. The quantitative estimate of drug-likeness (QED) is 0.589. The Kier molecular flexibility index (Phi) is 3.83. The van der Waals surface area contributed by atoms with E-state index < -0.39 is 27.3 Å². The molecular formula is C6H14N2O4S. The summed E-state index contributed by atoms with van der Waals surface area (Å²) < 4.78 is 21.5. The van der Waals surface area contributed by atoms with Gasteiger partial charge in [-0.05, 0) is 20.8 Å². The summed E-state index contributed by atoms with van der Waals surface area (Å²) in [5.41, 5.74) is 4.73. The number of hydrogen-bond donors (Lipinski definition) is 2. The van der Waals surface area contributed by atoms with Gasteiger partial charge in [0, 0.05) is 0 Å². The molecule has 78 valence electrons. The summed E-state index contributed by atoms with van der Waals surface area (Å²) in [6.07, 6.45) is 0. The molecule has 0 spiro atoms. The van der Waals surface area contributed by atoms with E-state index in [0.29, 0.717) is 0 Å². The van der Waals surface area contributed by atoms with E-state index in [4.69, 9.17) is 5.73 Å². The number of amides is 1. The van der Waals surface area contributed by atoms with E-state index in [1.807, 2.05) is 0 Å². The predicted octanol–water partition coefficient (Wildman–Crippen LogP) is -0.879. The van der Waals surface area contributed by atoms with E-state index in [9.17, 15) is 13.2 Å². The van der Waals surface area contributed by atoms with Gasteiger partial charge in [-0.25, -0.2) is 8.42 Å². The standard InChI is InChI=1S/C6H14N2O4S/c1-6(2,3)13(10,11)8-12-4-5(7)9/h8H,4H2,1-3H3,(H2,7,9). The summed E-state index contributed by atoms with van der Waals surface area (Å²) in [5, 5.41) is 0. The van der Waals surface area contributed by atoms with Gasteiger partial charge in [-0.2, -0.15) is 0 Å². The van der Waals surface area contributed by atoms with Crippen LogP contribution in [0, 0.1) is 0 Å². The minimum Gasteiger partial charge on any atom is -0.368 e. The van der Waals surface area contributed by atoms with Gasteiger partial charge in [-0.15, -0.1) is 0 Å². The second-order valence-corrected chi connectivity index (χ2v) is 5.85. The van der Waals surface area contributed by atoms with Crippen LogP contribution in [0.1, 0.15) is 20.8 Å². The topological polar surface area (TPSA) is 98.5 Å². The Hall–Kier alpha value is -0.660. The summed E-state index contributed by atoms with van der Waals surface area (Å²) in [6.45, 7) is 4.03. The zero-order chi connectivity index (χ0) is 10.7. The Labute approximate surface area is 77.4 Å². The molecular weight excluding hydrogens is 196 g/mol. The van der Waals surface area contributed by atoms with E-state index >= 15 is 0 Å². The molecule has 3 N–H and O–H groups in total. The Morgan fingerprint density at radius 2 is 1.92 bits per heavy atom. The van der Waals surface area contributed by atoms with Crippen LogP contribution in [0.2, 0.25) is 0 Å². The molecule has 7 heteroatoms. The van der Waals surface area contributed by atoms with Gasteiger partial charge >= 0.3 is 0 Å². The second-order valence-electron chi connectivity index (χ2n) is 3.45. The zero-order valence-electron chi connectivity index (χ0n) is 7.83. The van der Waals surface area contributed by atoms with Gasteiger partial charge in [-0.1, -0.05) is 4.89 Å². The molecule has 0 aromatic carbocycles. The molecule has 0 unspecified atom stereocenters. The first-order valence-corrected chi connectivity index (χ1v) is 5.06. The zero-order valence-corrected chi connectivity index (χ0v) is 8.64. The molecule has 0 atom stereocenters. The van der Waals surface area contributed by atoms with Gasteiger partial charge in [0.05, 0.1) is 4.75 Å². The fraction of sp³-hybridized carbons (Fsp3) is 0.833. The molecule has 0 aliphatic heterocycles. The van der Waals surface area contributed by atoms with Gasteiger partial charge in [0.15, 0.2) is 0 Å². The van der Waals surface area contributed by atoms with E-state index in [0.717, 1.165) is 0 Å². The van der Waals surface area contributed by atoms with Crippen LogP contribution in [0.4, 0.5) is 0 Å². The molecule has 0 saturated heterocycles. The SMILES string of the molecule is CC(C)(C)S(=O)(=O)NOCC(N)=O. The van der Waals surface area contributed by atoms with Crippen molar-refractivity contribution in [3.8, 4) is 0 Å². The van der Waals surface area contributed by atoms with Gasteiger partial charge < -0.3 is 5.73 Å². The maximum absolute atomic E-state index is 11.2. The molecule has 13 heavy (non-hydrogen) atoms. The van der Waals surface area contributed by atoms with E-state index in [1.54, 1.807) is 4.89 Å². The van der Waals surface area contributed by atoms with Crippen molar-refractivity contribution >= 4 is 15.9 Å². The highest BCUT2D eigenvalue weighted by Crippen LogP contribution is 2.12. The number of nitrogens with one attached hydrogen (secondary N) is 1. The van der Waals surface area contributed by atoms with Gasteiger partial charge in [-0.3, -0.25) is 9.63 Å². The molecule has 0 heterocycles. The summed E-state index contributed by atoms with van der Waals surface area (Å²) in [4.78, 5) is 16.4. The Bertz CT molecular complexity index is 277. The molecule has 0 aromatic rings. The van der Waals surface area contributed by atoms with Crippen molar-refractivity contribution in [2.24, 2.45) is 5.73 Å². The average Bonchev–Trinajstić information content (AvgIpc) is 1.82. The number of primary amides is 1. The summed E-state index contributed by atoms with van der Waals surface area (Å²) >= 11 is 0. The number of hydrogen-bond acceptors (Lipinski definition) is 4. The van der Waals surface area contributed by atoms with Crippen LogP contribution in [0.3, 0.4) is 0 Å². The minimum absolute atomic E-state index is 0.477. The lowest BCUT2D eigenvalue weighted by molar-refractivity contribution is -0.123. The van der Waals surface area contributed by atoms with Gasteiger partial charge in [0.2, 0.25) is 15.9 Å². The van der Waals surface area contributed by atoms with Crippen LogP contribution in [-0.2, 0) is 19.7 Å². The summed E-state index contributed by atoms with van der Waals surface area (Å²) in [7, 11) is -3.57. The predicted molar refractivity (Wildman–Crippen MR) is 47.0 cm³/mol. The third kappa shape index (κ3) is 4.20. The molecule has 0 bridgehead atoms. The van der Waals surface area contributed by atoms with Crippen LogP contribution in [0.5, 0.6) is 0 Å². The molecule has 0 saturated carbocycles.